The van der Waals surface area contributed by atoms with Gasteiger partial charge in [0.15, 0.2) is 0 Å². The molecule has 1 saturated carbocycles. The third-order valence-corrected chi connectivity index (χ3v) is 5.55. The summed E-state index contributed by atoms with van der Waals surface area (Å²) in [5.41, 5.74) is 6.49. The molecule has 2 amide bonds. The average molecular weight is 351 g/mol. The Morgan fingerprint density at radius 3 is 2.67 bits per heavy atom. The molecule has 0 bridgehead atoms. The SMILES string of the molecule is CC1CCCCC1(CN)N1C(=O)c2ccc(Br)cc2C1=O. The molecule has 1 aliphatic heterocycles. The Morgan fingerprint density at radius 1 is 1.29 bits per heavy atom. The van der Waals surface area contributed by atoms with Crippen LogP contribution in [-0.4, -0.2) is 28.8 Å². The number of amides is 2. The van der Waals surface area contributed by atoms with Crippen molar-refractivity contribution in [2.75, 3.05) is 6.54 Å². The number of nitrogens with zero attached hydrogens (tertiary/aromatic N) is 1. The Labute approximate surface area is 132 Å². The van der Waals surface area contributed by atoms with Crippen molar-refractivity contribution in [3.8, 4) is 0 Å². The molecule has 0 spiro atoms. The van der Waals surface area contributed by atoms with E-state index in [9.17, 15) is 9.59 Å². The van der Waals surface area contributed by atoms with E-state index in [1.165, 1.54) is 4.90 Å². The fourth-order valence-corrected chi connectivity index (χ4v) is 4.10. The quantitative estimate of drug-likeness (QED) is 0.834. The summed E-state index contributed by atoms with van der Waals surface area (Å²) in [5, 5.41) is 0. The molecule has 0 saturated heterocycles. The van der Waals surface area contributed by atoms with Crippen LogP contribution in [0.3, 0.4) is 0 Å². The van der Waals surface area contributed by atoms with Crippen LogP contribution >= 0.6 is 15.9 Å². The summed E-state index contributed by atoms with van der Waals surface area (Å²) in [6, 6.07) is 5.25. The highest BCUT2D eigenvalue weighted by Gasteiger charge is 2.51. The van der Waals surface area contributed by atoms with Gasteiger partial charge in [-0.2, -0.15) is 0 Å². The Kier molecular flexibility index (Phi) is 3.66. The number of nitrogens with two attached hydrogens (primary N) is 1. The zero-order valence-electron chi connectivity index (χ0n) is 12.1. The smallest absolute Gasteiger partial charge is 0.262 e. The Morgan fingerprint density at radius 2 is 2.00 bits per heavy atom. The first-order valence-corrected chi connectivity index (χ1v) is 8.19. The molecule has 2 aliphatic rings. The van der Waals surface area contributed by atoms with E-state index >= 15 is 0 Å². The van der Waals surface area contributed by atoms with Crippen molar-refractivity contribution >= 4 is 27.7 Å². The second kappa shape index (κ2) is 5.21. The van der Waals surface area contributed by atoms with Gasteiger partial charge in [0.25, 0.3) is 11.8 Å². The number of rotatable bonds is 2. The van der Waals surface area contributed by atoms with Crippen molar-refractivity contribution in [2.45, 2.75) is 38.1 Å². The fraction of sp³-hybridized carbons (Fsp3) is 0.500. The number of halogens is 1. The highest BCUT2D eigenvalue weighted by atomic mass is 79.9. The van der Waals surface area contributed by atoms with Gasteiger partial charge in [-0.15, -0.1) is 0 Å². The summed E-state index contributed by atoms with van der Waals surface area (Å²) >= 11 is 3.36. The maximum absolute atomic E-state index is 12.8. The molecule has 3 rings (SSSR count). The van der Waals surface area contributed by atoms with Crippen LogP contribution in [0.1, 0.15) is 53.3 Å². The highest BCUT2D eigenvalue weighted by Crippen LogP contribution is 2.42. The Balaban J connectivity index is 2.08. The molecule has 1 aliphatic carbocycles. The highest BCUT2D eigenvalue weighted by molar-refractivity contribution is 9.10. The molecule has 2 atom stereocenters. The van der Waals surface area contributed by atoms with Crippen molar-refractivity contribution in [1.82, 2.24) is 4.90 Å². The van der Waals surface area contributed by atoms with Gasteiger partial charge in [0.2, 0.25) is 0 Å². The summed E-state index contributed by atoms with van der Waals surface area (Å²) < 4.78 is 0.808. The van der Waals surface area contributed by atoms with Crippen LogP contribution in [0.15, 0.2) is 22.7 Å². The van der Waals surface area contributed by atoms with Gasteiger partial charge in [-0.3, -0.25) is 14.5 Å². The molecule has 0 aromatic heterocycles. The monoisotopic (exact) mass is 350 g/mol. The molecule has 2 N–H and O–H groups in total. The molecule has 112 valence electrons. The minimum atomic E-state index is -0.530. The van der Waals surface area contributed by atoms with Crippen LogP contribution in [0, 0.1) is 5.92 Å². The van der Waals surface area contributed by atoms with Gasteiger partial charge in [-0.25, -0.2) is 0 Å². The topological polar surface area (TPSA) is 63.4 Å². The zero-order chi connectivity index (χ0) is 15.2. The average Bonchev–Trinajstić information content (AvgIpc) is 2.72. The first-order valence-electron chi connectivity index (χ1n) is 7.40. The number of hydrogen-bond acceptors (Lipinski definition) is 3. The number of carbonyl (C=O) groups excluding carboxylic acids is 2. The Hall–Kier alpha value is -1.20. The van der Waals surface area contributed by atoms with E-state index in [-0.39, 0.29) is 17.7 Å². The molecule has 1 heterocycles. The van der Waals surface area contributed by atoms with Gasteiger partial charge < -0.3 is 5.73 Å². The van der Waals surface area contributed by atoms with Gasteiger partial charge in [0.1, 0.15) is 0 Å². The predicted molar refractivity (Wildman–Crippen MR) is 84.1 cm³/mol. The van der Waals surface area contributed by atoms with Crippen molar-refractivity contribution in [1.29, 1.82) is 0 Å². The van der Waals surface area contributed by atoms with E-state index in [0.29, 0.717) is 17.7 Å². The molecule has 4 nitrogen and oxygen atoms in total. The maximum Gasteiger partial charge on any atom is 0.262 e. The molecule has 5 heteroatoms. The summed E-state index contributed by atoms with van der Waals surface area (Å²) in [4.78, 5) is 27.0. The fourth-order valence-electron chi connectivity index (χ4n) is 3.74. The number of hydrogen-bond donors (Lipinski definition) is 1. The number of fused-ring (bicyclic) bond motifs is 1. The van der Waals surface area contributed by atoms with Crippen LogP contribution in [0.2, 0.25) is 0 Å². The molecule has 1 aromatic carbocycles. The zero-order valence-corrected chi connectivity index (χ0v) is 13.6. The van der Waals surface area contributed by atoms with Gasteiger partial charge in [0, 0.05) is 11.0 Å². The van der Waals surface area contributed by atoms with Crippen molar-refractivity contribution < 1.29 is 9.59 Å². The lowest BCUT2D eigenvalue weighted by molar-refractivity contribution is 0.0182. The number of benzene rings is 1. The lowest BCUT2D eigenvalue weighted by atomic mass is 9.72. The van der Waals surface area contributed by atoms with E-state index in [4.69, 9.17) is 5.73 Å². The number of carbonyl (C=O) groups is 2. The number of imide groups is 1. The van der Waals surface area contributed by atoms with Crippen LogP contribution in [0.25, 0.3) is 0 Å². The lowest BCUT2D eigenvalue weighted by Crippen LogP contribution is -2.61. The van der Waals surface area contributed by atoms with Crippen LogP contribution in [-0.2, 0) is 0 Å². The molecule has 1 fully saturated rings. The van der Waals surface area contributed by atoms with E-state index in [1.54, 1.807) is 18.2 Å². The summed E-state index contributed by atoms with van der Waals surface area (Å²) in [6.07, 6.45) is 3.96. The van der Waals surface area contributed by atoms with E-state index in [2.05, 4.69) is 22.9 Å². The van der Waals surface area contributed by atoms with E-state index in [0.717, 1.165) is 30.2 Å². The van der Waals surface area contributed by atoms with Gasteiger partial charge in [-0.05, 0) is 37.0 Å². The minimum Gasteiger partial charge on any atom is -0.328 e. The molecular formula is C16H19BrN2O2. The third-order valence-electron chi connectivity index (χ3n) is 5.06. The van der Waals surface area contributed by atoms with E-state index in [1.807, 2.05) is 0 Å². The van der Waals surface area contributed by atoms with Crippen molar-refractivity contribution in [3.63, 3.8) is 0 Å². The van der Waals surface area contributed by atoms with Crippen molar-refractivity contribution in [2.24, 2.45) is 11.7 Å². The van der Waals surface area contributed by atoms with E-state index < -0.39 is 5.54 Å². The first-order chi connectivity index (χ1) is 10.0. The van der Waals surface area contributed by atoms with Crippen LogP contribution < -0.4 is 5.73 Å². The van der Waals surface area contributed by atoms with Gasteiger partial charge >= 0.3 is 0 Å². The second-order valence-corrected chi connectivity index (χ2v) is 7.01. The van der Waals surface area contributed by atoms with Crippen LogP contribution in [0.4, 0.5) is 0 Å². The maximum atomic E-state index is 12.8. The molecule has 2 unspecified atom stereocenters. The lowest BCUT2D eigenvalue weighted by Gasteiger charge is -2.47. The Bertz CT molecular complexity index is 616. The van der Waals surface area contributed by atoms with Gasteiger partial charge in [0.05, 0.1) is 16.7 Å². The second-order valence-electron chi connectivity index (χ2n) is 6.09. The molecule has 21 heavy (non-hydrogen) atoms. The molecule has 1 aromatic rings. The van der Waals surface area contributed by atoms with Gasteiger partial charge in [-0.1, -0.05) is 35.7 Å². The molecule has 0 radical (unpaired) electrons. The first kappa shape index (κ1) is 14.7. The minimum absolute atomic E-state index is 0.193. The van der Waals surface area contributed by atoms with Crippen molar-refractivity contribution in [3.05, 3.63) is 33.8 Å². The standard InChI is InChI=1S/C16H19BrN2O2/c1-10-4-2-3-7-16(10,9-18)19-14(20)12-6-5-11(17)8-13(12)15(19)21/h5-6,8,10H,2-4,7,9,18H2,1H3. The summed E-state index contributed by atoms with van der Waals surface area (Å²) in [6.45, 7) is 2.44. The molecular weight excluding hydrogens is 332 g/mol. The normalized spacial score (nSPS) is 28.9. The third kappa shape index (κ3) is 2.06. The van der Waals surface area contributed by atoms with Crippen LogP contribution in [0.5, 0.6) is 0 Å². The summed E-state index contributed by atoms with van der Waals surface area (Å²) in [5.74, 6) is -0.154. The largest absolute Gasteiger partial charge is 0.328 e. The predicted octanol–water partition coefficient (Wildman–Crippen LogP) is 2.95. The summed E-state index contributed by atoms with van der Waals surface area (Å²) in [7, 11) is 0.